The molecule has 2 atom stereocenters. The Morgan fingerprint density at radius 3 is 2.71 bits per heavy atom. The largest absolute Gasteiger partial charge is 0.330 e. The van der Waals surface area contributed by atoms with Crippen molar-refractivity contribution in [3.05, 3.63) is 11.6 Å². The van der Waals surface area contributed by atoms with E-state index in [9.17, 15) is 0 Å². The highest BCUT2D eigenvalue weighted by molar-refractivity contribution is 4.94. The van der Waals surface area contributed by atoms with Crippen molar-refractivity contribution in [3.8, 4) is 0 Å². The molecule has 5 heteroatoms. The number of nitrogens with two attached hydrogens (primary N) is 1. The number of nitrogens with zero attached hydrogens (tertiary/aromatic N) is 4. The van der Waals surface area contributed by atoms with Gasteiger partial charge in [-0.05, 0) is 39.2 Å². The van der Waals surface area contributed by atoms with E-state index in [1.807, 2.05) is 14.0 Å². The van der Waals surface area contributed by atoms with Crippen molar-refractivity contribution in [2.45, 2.75) is 39.3 Å². The van der Waals surface area contributed by atoms with E-state index in [4.69, 9.17) is 5.73 Å². The molecule has 1 aromatic rings. The van der Waals surface area contributed by atoms with E-state index < -0.39 is 0 Å². The summed E-state index contributed by atoms with van der Waals surface area (Å²) in [5.74, 6) is 2.66. The van der Waals surface area contributed by atoms with Crippen LogP contribution in [0.25, 0.3) is 0 Å². The Bertz CT molecular complexity index is 373. The van der Waals surface area contributed by atoms with Gasteiger partial charge in [0.05, 0.1) is 6.54 Å². The second kappa shape index (κ2) is 5.14. The summed E-state index contributed by atoms with van der Waals surface area (Å²) >= 11 is 0. The van der Waals surface area contributed by atoms with Gasteiger partial charge in [-0.1, -0.05) is 0 Å². The van der Waals surface area contributed by atoms with Gasteiger partial charge in [0.1, 0.15) is 11.6 Å². The van der Waals surface area contributed by atoms with Gasteiger partial charge in [-0.25, -0.2) is 0 Å². The van der Waals surface area contributed by atoms with E-state index >= 15 is 0 Å². The van der Waals surface area contributed by atoms with Gasteiger partial charge < -0.3 is 10.3 Å². The summed E-state index contributed by atoms with van der Waals surface area (Å²) in [5, 5.41) is 8.34. The van der Waals surface area contributed by atoms with Crippen molar-refractivity contribution in [3.63, 3.8) is 0 Å². The van der Waals surface area contributed by atoms with E-state index in [-0.39, 0.29) is 0 Å². The van der Waals surface area contributed by atoms with Gasteiger partial charge in [-0.3, -0.25) is 4.90 Å². The third kappa shape index (κ3) is 2.66. The highest BCUT2D eigenvalue weighted by Gasteiger charge is 2.25. The van der Waals surface area contributed by atoms with Crippen LogP contribution >= 0.6 is 0 Å². The molecule has 1 fully saturated rings. The Balaban J connectivity index is 2.04. The zero-order valence-corrected chi connectivity index (χ0v) is 11.1. The van der Waals surface area contributed by atoms with Crippen LogP contribution in [-0.2, 0) is 13.6 Å². The fourth-order valence-corrected chi connectivity index (χ4v) is 2.45. The smallest absolute Gasteiger partial charge is 0.146 e. The molecule has 1 saturated heterocycles. The van der Waals surface area contributed by atoms with Gasteiger partial charge in [-0.15, -0.1) is 10.2 Å². The highest BCUT2D eigenvalue weighted by atomic mass is 15.3. The first-order valence-electron chi connectivity index (χ1n) is 6.40. The standard InChI is InChI=1S/C12H23N5/c1-9-4-5-11(6-13)7-17(9)8-12-15-14-10(2)16(12)3/h9,11H,4-8,13H2,1-3H3. The molecule has 96 valence electrons. The number of aromatic nitrogens is 3. The van der Waals surface area contributed by atoms with Gasteiger partial charge in [0.15, 0.2) is 0 Å². The lowest BCUT2D eigenvalue weighted by Crippen LogP contribution is -2.43. The highest BCUT2D eigenvalue weighted by Crippen LogP contribution is 2.22. The molecule has 2 rings (SSSR count). The molecule has 0 aromatic carbocycles. The van der Waals surface area contributed by atoms with Crippen LogP contribution in [0.1, 0.15) is 31.4 Å². The Morgan fingerprint density at radius 2 is 2.12 bits per heavy atom. The maximum Gasteiger partial charge on any atom is 0.146 e. The molecule has 1 aliphatic heterocycles. The zero-order chi connectivity index (χ0) is 12.4. The quantitative estimate of drug-likeness (QED) is 0.840. The SMILES string of the molecule is Cc1nnc(CN2CC(CN)CCC2C)n1C. The fraction of sp³-hybridized carbons (Fsp3) is 0.833. The van der Waals surface area contributed by atoms with E-state index in [0.29, 0.717) is 12.0 Å². The summed E-state index contributed by atoms with van der Waals surface area (Å²) in [7, 11) is 2.03. The second-order valence-corrected chi connectivity index (χ2v) is 5.18. The molecule has 1 aromatic heterocycles. The topological polar surface area (TPSA) is 60.0 Å². The summed E-state index contributed by atoms with van der Waals surface area (Å²) in [4.78, 5) is 2.48. The molecule has 0 aliphatic carbocycles. The molecule has 2 heterocycles. The van der Waals surface area contributed by atoms with Crippen LogP contribution in [0.3, 0.4) is 0 Å². The van der Waals surface area contributed by atoms with Crippen molar-refractivity contribution >= 4 is 0 Å². The molecule has 2 unspecified atom stereocenters. The normalized spacial score (nSPS) is 26.4. The summed E-state index contributed by atoms with van der Waals surface area (Å²) in [6, 6.07) is 0.620. The van der Waals surface area contributed by atoms with E-state index in [1.165, 1.54) is 12.8 Å². The van der Waals surface area contributed by atoms with Crippen LogP contribution in [0.4, 0.5) is 0 Å². The first-order valence-corrected chi connectivity index (χ1v) is 6.40. The lowest BCUT2D eigenvalue weighted by molar-refractivity contribution is 0.109. The van der Waals surface area contributed by atoms with Crippen LogP contribution in [-0.4, -0.2) is 38.8 Å². The Morgan fingerprint density at radius 1 is 1.35 bits per heavy atom. The van der Waals surface area contributed by atoms with Crippen LogP contribution in [0.15, 0.2) is 0 Å². The van der Waals surface area contributed by atoms with Gasteiger partial charge in [0, 0.05) is 19.6 Å². The predicted octanol–water partition coefficient (Wildman–Crippen LogP) is 0.683. The van der Waals surface area contributed by atoms with Crippen LogP contribution < -0.4 is 5.73 Å². The fourth-order valence-electron chi connectivity index (χ4n) is 2.45. The van der Waals surface area contributed by atoms with Crippen LogP contribution in [0, 0.1) is 12.8 Å². The van der Waals surface area contributed by atoms with Gasteiger partial charge >= 0.3 is 0 Å². The molecule has 1 aliphatic rings. The van der Waals surface area contributed by atoms with Crippen molar-refractivity contribution < 1.29 is 0 Å². The van der Waals surface area contributed by atoms with Crippen LogP contribution in [0.2, 0.25) is 0 Å². The number of piperidine rings is 1. The molecular weight excluding hydrogens is 214 g/mol. The van der Waals surface area contributed by atoms with Gasteiger partial charge in [0.25, 0.3) is 0 Å². The molecule has 0 amide bonds. The molecule has 0 saturated carbocycles. The van der Waals surface area contributed by atoms with Crippen molar-refractivity contribution in [2.75, 3.05) is 13.1 Å². The maximum absolute atomic E-state index is 5.78. The first kappa shape index (κ1) is 12.5. The van der Waals surface area contributed by atoms with Crippen LogP contribution in [0.5, 0.6) is 0 Å². The average Bonchev–Trinajstić information content (AvgIpc) is 2.64. The zero-order valence-electron chi connectivity index (χ0n) is 11.1. The van der Waals surface area contributed by atoms with E-state index in [1.54, 1.807) is 0 Å². The molecule has 0 bridgehead atoms. The molecule has 0 spiro atoms. The molecule has 0 radical (unpaired) electrons. The Hall–Kier alpha value is -0.940. The second-order valence-electron chi connectivity index (χ2n) is 5.18. The molecule has 17 heavy (non-hydrogen) atoms. The predicted molar refractivity (Wildman–Crippen MR) is 67.4 cm³/mol. The van der Waals surface area contributed by atoms with E-state index in [0.717, 1.165) is 31.3 Å². The summed E-state index contributed by atoms with van der Waals surface area (Å²) in [6.07, 6.45) is 2.49. The third-order valence-electron chi connectivity index (χ3n) is 3.97. The minimum absolute atomic E-state index is 0.620. The van der Waals surface area contributed by atoms with E-state index in [2.05, 4.69) is 26.6 Å². The summed E-state index contributed by atoms with van der Waals surface area (Å²) < 4.78 is 2.07. The minimum atomic E-state index is 0.620. The maximum atomic E-state index is 5.78. The monoisotopic (exact) mass is 237 g/mol. The summed E-state index contributed by atoms with van der Waals surface area (Å²) in [5.41, 5.74) is 5.78. The first-order chi connectivity index (χ1) is 8.11. The van der Waals surface area contributed by atoms with Gasteiger partial charge in [-0.2, -0.15) is 0 Å². The number of likely N-dealkylation sites (tertiary alicyclic amines) is 1. The van der Waals surface area contributed by atoms with Crippen molar-refractivity contribution in [2.24, 2.45) is 18.7 Å². The third-order valence-corrected chi connectivity index (χ3v) is 3.97. The lowest BCUT2D eigenvalue weighted by Gasteiger charge is -2.37. The van der Waals surface area contributed by atoms with Crippen molar-refractivity contribution in [1.29, 1.82) is 0 Å². The number of hydrogen-bond acceptors (Lipinski definition) is 4. The van der Waals surface area contributed by atoms with Crippen molar-refractivity contribution in [1.82, 2.24) is 19.7 Å². The molecular formula is C12H23N5. The molecule has 5 nitrogen and oxygen atoms in total. The number of rotatable bonds is 3. The van der Waals surface area contributed by atoms with Gasteiger partial charge in [0.2, 0.25) is 0 Å². The number of hydrogen-bond donors (Lipinski definition) is 1. The Kier molecular flexibility index (Phi) is 3.79. The minimum Gasteiger partial charge on any atom is -0.330 e. The number of aryl methyl sites for hydroxylation is 1. The summed E-state index contributed by atoms with van der Waals surface area (Å²) in [6.45, 7) is 7.04. The Labute approximate surface area is 103 Å². The lowest BCUT2D eigenvalue weighted by atomic mass is 9.93. The molecule has 2 N–H and O–H groups in total. The average molecular weight is 237 g/mol.